The first-order chi connectivity index (χ1) is 13.5. The lowest BCUT2D eigenvalue weighted by Crippen LogP contribution is -2.32. The molecule has 3 rings (SSSR count). The molecule has 0 N–H and O–H groups in total. The number of Topliss-reactive ketones (excluding diaryl/α,β-unsaturated/α-hetero) is 1. The van der Waals surface area contributed by atoms with E-state index in [0.717, 1.165) is 19.3 Å². The van der Waals surface area contributed by atoms with Crippen LogP contribution in [0.1, 0.15) is 49.4 Å². The molecule has 0 bridgehead atoms. The average molecular weight is 390 g/mol. The third-order valence-electron chi connectivity index (χ3n) is 4.54. The van der Waals surface area contributed by atoms with Gasteiger partial charge in [0.15, 0.2) is 11.7 Å². The molecule has 2 unspecified atom stereocenters. The van der Waals surface area contributed by atoms with Crippen LogP contribution in [0.3, 0.4) is 0 Å². The topological polar surface area (TPSA) is 96.0 Å². The number of carbonyl (C=O) groups excluding carboxylic acids is 4. The molecule has 0 radical (unpaired) electrons. The van der Waals surface area contributed by atoms with E-state index < -0.39 is 17.9 Å². The number of rotatable bonds is 5. The molecule has 2 saturated heterocycles. The molecule has 7 heteroatoms. The van der Waals surface area contributed by atoms with Gasteiger partial charge < -0.3 is 14.2 Å². The molecule has 0 aliphatic carbocycles. The molecule has 2 heterocycles. The molecule has 2 aliphatic rings. The van der Waals surface area contributed by atoms with Crippen molar-refractivity contribution in [3.63, 3.8) is 0 Å². The van der Waals surface area contributed by atoms with Crippen LogP contribution in [0.4, 0.5) is 0 Å². The minimum atomic E-state index is -0.682. The molecule has 0 saturated carbocycles. The standard InChI is InChI=1S/C13H14O3.C8H12O4/c14-12(10-5-2-1-3-6-10)9-11-7-4-8-16-13(11)15;1-2-11-7(9)6-4-3-5-12-8(6)10/h1-3,5-6,11H,4,7-9H2;6H,2-5H2,1H3. The largest absolute Gasteiger partial charge is 0.465 e. The van der Waals surface area contributed by atoms with Gasteiger partial charge in [-0.2, -0.15) is 0 Å². The van der Waals surface area contributed by atoms with Gasteiger partial charge in [0.2, 0.25) is 0 Å². The van der Waals surface area contributed by atoms with Gasteiger partial charge in [-0.15, -0.1) is 0 Å². The Hall–Kier alpha value is -2.70. The molecule has 28 heavy (non-hydrogen) atoms. The second-order valence-electron chi connectivity index (χ2n) is 6.61. The van der Waals surface area contributed by atoms with Crippen molar-refractivity contribution < 1.29 is 33.4 Å². The Morgan fingerprint density at radius 3 is 2.25 bits per heavy atom. The first kappa shape index (κ1) is 21.6. The number of ether oxygens (including phenoxy) is 3. The smallest absolute Gasteiger partial charge is 0.320 e. The van der Waals surface area contributed by atoms with Crippen LogP contribution in [0, 0.1) is 11.8 Å². The van der Waals surface area contributed by atoms with Crippen LogP contribution in [0.5, 0.6) is 0 Å². The van der Waals surface area contributed by atoms with Gasteiger partial charge in [0.05, 0.1) is 25.7 Å². The summed E-state index contributed by atoms with van der Waals surface area (Å²) in [5, 5.41) is 0. The third kappa shape index (κ3) is 6.48. The lowest BCUT2D eigenvalue weighted by atomic mass is 9.93. The maximum atomic E-state index is 11.9. The van der Waals surface area contributed by atoms with Gasteiger partial charge in [0, 0.05) is 12.0 Å². The van der Waals surface area contributed by atoms with Crippen molar-refractivity contribution in [2.75, 3.05) is 19.8 Å². The van der Waals surface area contributed by atoms with Crippen molar-refractivity contribution in [3.8, 4) is 0 Å². The van der Waals surface area contributed by atoms with Crippen LogP contribution in [0.15, 0.2) is 30.3 Å². The maximum absolute atomic E-state index is 11.9. The number of hydrogen-bond donors (Lipinski definition) is 0. The van der Waals surface area contributed by atoms with E-state index in [0.29, 0.717) is 31.8 Å². The van der Waals surface area contributed by atoms with Gasteiger partial charge in [0.25, 0.3) is 0 Å². The van der Waals surface area contributed by atoms with Crippen LogP contribution >= 0.6 is 0 Å². The Bertz CT molecular complexity index is 683. The quantitative estimate of drug-likeness (QED) is 0.330. The van der Waals surface area contributed by atoms with Gasteiger partial charge in [-0.3, -0.25) is 19.2 Å². The van der Waals surface area contributed by atoms with Gasteiger partial charge in [-0.25, -0.2) is 0 Å². The van der Waals surface area contributed by atoms with Crippen molar-refractivity contribution in [1.29, 1.82) is 0 Å². The first-order valence-corrected chi connectivity index (χ1v) is 9.61. The predicted octanol–water partition coefficient (Wildman–Crippen LogP) is 2.72. The number of cyclic esters (lactones) is 2. The zero-order valence-corrected chi connectivity index (χ0v) is 16.1. The van der Waals surface area contributed by atoms with Gasteiger partial charge >= 0.3 is 17.9 Å². The highest BCUT2D eigenvalue weighted by Crippen LogP contribution is 2.21. The maximum Gasteiger partial charge on any atom is 0.320 e. The summed E-state index contributed by atoms with van der Waals surface area (Å²) in [7, 11) is 0. The Balaban J connectivity index is 0.000000209. The van der Waals surface area contributed by atoms with Crippen molar-refractivity contribution >= 4 is 23.7 Å². The summed E-state index contributed by atoms with van der Waals surface area (Å²) in [6.45, 7) is 2.94. The summed E-state index contributed by atoms with van der Waals surface area (Å²) in [4.78, 5) is 45.3. The second kappa shape index (κ2) is 11.2. The van der Waals surface area contributed by atoms with Crippen LogP contribution in [0.2, 0.25) is 0 Å². The molecule has 0 spiro atoms. The van der Waals surface area contributed by atoms with Crippen LogP contribution in [0.25, 0.3) is 0 Å². The highest BCUT2D eigenvalue weighted by atomic mass is 16.6. The molecule has 0 amide bonds. The predicted molar refractivity (Wildman–Crippen MR) is 99.4 cm³/mol. The summed E-state index contributed by atoms with van der Waals surface area (Å²) in [6.07, 6.45) is 3.19. The fraction of sp³-hybridized carbons (Fsp3) is 0.524. The molecule has 7 nitrogen and oxygen atoms in total. The summed E-state index contributed by atoms with van der Waals surface area (Å²) < 4.78 is 14.4. The van der Waals surface area contributed by atoms with E-state index in [-0.39, 0.29) is 24.1 Å². The summed E-state index contributed by atoms with van der Waals surface area (Å²) in [5.74, 6) is -2.04. The lowest BCUT2D eigenvalue weighted by Gasteiger charge is -2.19. The molecular weight excluding hydrogens is 364 g/mol. The van der Waals surface area contributed by atoms with Crippen molar-refractivity contribution in [3.05, 3.63) is 35.9 Å². The zero-order valence-electron chi connectivity index (χ0n) is 16.1. The minimum absolute atomic E-state index is 0.0180. The Morgan fingerprint density at radius 1 is 1.00 bits per heavy atom. The van der Waals surface area contributed by atoms with Gasteiger partial charge in [-0.1, -0.05) is 30.3 Å². The highest BCUT2D eigenvalue weighted by molar-refractivity contribution is 5.98. The van der Waals surface area contributed by atoms with E-state index in [4.69, 9.17) is 14.2 Å². The first-order valence-electron chi connectivity index (χ1n) is 9.61. The van der Waals surface area contributed by atoms with E-state index in [1.165, 1.54) is 0 Å². The van der Waals surface area contributed by atoms with E-state index >= 15 is 0 Å². The SMILES string of the molecule is CCOC(=O)C1CCCOC1=O.O=C(CC1CCCOC1=O)c1ccccc1. The second-order valence-corrected chi connectivity index (χ2v) is 6.61. The number of ketones is 1. The Morgan fingerprint density at radius 2 is 1.64 bits per heavy atom. The number of hydrogen-bond acceptors (Lipinski definition) is 7. The fourth-order valence-electron chi connectivity index (χ4n) is 3.02. The number of esters is 3. The molecule has 2 aliphatic heterocycles. The van der Waals surface area contributed by atoms with E-state index in [1.807, 2.05) is 18.2 Å². The van der Waals surface area contributed by atoms with Crippen molar-refractivity contribution in [2.24, 2.45) is 11.8 Å². The van der Waals surface area contributed by atoms with Crippen LogP contribution in [-0.4, -0.2) is 43.5 Å². The van der Waals surface area contributed by atoms with Crippen molar-refractivity contribution in [2.45, 2.75) is 39.0 Å². The molecular formula is C21H26O7. The molecule has 2 fully saturated rings. The monoisotopic (exact) mass is 390 g/mol. The molecule has 0 aromatic heterocycles. The van der Waals surface area contributed by atoms with Crippen LogP contribution < -0.4 is 0 Å². The highest BCUT2D eigenvalue weighted by Gasteiger charge is 2.32. The minimum Gasteiger partial charge on any atom is -0.465 e. The van der Waals surface area contributed by atoms with E-state index in [2.05, 4.69) is 0 Å². The fourth-order valence-corrected chi connectivity index (χ4v) is 3.02. The lowest BCUT2D eigenvalue weighted by molar-refractivity contribution is -0.165. The van der Waals surface area contributed by atoms with Crippen molar-refractivity contribution in [1.82, 2.24) is 0 Å². The number of benzene rings is 1. The third-order valence-corrected chi connectivity index (χ3v) is 4.54. The van der Waals surface area contributed by atoms with Gasteiger partial charge in [-0.05, 0) is 32.6 Å². The molecule has 152 valence electrons. The molecule has 2 atom stereocenters. The Kier molecular flexibility index (Phi) is 8.65. The normalized spacial score (nSPS) is 21.5. The van der Waals surface area contributed by atoms with E-state index in [9.17, 15) is 19.2 Å². The summed E-state index contributed by atoms with van der Waals surface area (Å²) in [6, 6.07) is 9.07. The zero-order chi connectivity index (χ0) is 20.4. The molecule has 1 aromatic rings. The number of carbonyl (C=O) groups is 4. The average Bonchev–Trinajstić information content (AvgIpc) is 2.71. The Labute approximate surface area is 164 Å². The summed E-state index contributed by atoms with van der Waals surface area (Å²) >= 11 is 0. The van der Waals surface area contributed by atoms with E-state index in [1.54, 1.807) is 19.1 Å². The summed E-state index contributed by atoms with van der Waals surface area (Å²) in [5.41, 5.74) is 0.667. The van der Waals surface area contributed by atoms with Crippen LogP contribution in [-0.2, 0) is 28.6 Å². The molecule has 1 aromatic carbocycles. The van der Waals surface area contributed by atoms with Gasteiger partial charge in [0.1, 0.15) is 0 Å².